The summed E-state index contributed by atoms with van der Waals surface area (Å²) < 4.78 is 23.2. The van der Waals surface area contributed by atoms with Gasteiger partial charge in [-0.05, 0) is 24.3 Å². The van der Waals surface area contributed by atoms with Gasteiger partial charge in [-0.1, -0.05) is 17.3 Å². The maximum Gasteiger partial charge on any atom is 0.276 e. The molecule has 100 valence electrons. The minimum atomic E-state index is -0.418. The first-order chi connectivity index (χ1) is 9.78. The van der Waals surface area contributed by atoms with Gasteiger partial charge in [0, 0.05) is 0 Å². The van der Waals surface area contributed by atoms with Gasteiger partial charge < -0.3 is 9.26 Å². The van der Waals surface area contributed by atoms with Gasteiger partial charge in [0.05, 0.1) is 18.9 Å². The van der Waals surface area contributed by atoms with Crippen LogP contribution >= 0.6 is 0 Å². The van der Waals surface area contributed by atoms with Gasteiger partial charge in [-0.25, -0.2) is 9.37 Å². The summed E-state index contributed by atoms with van der Waals surface area (Å²) in [7, 11) is 1.57. The van der Waals surface area contributed by atoms with Crippen molar-refractivity contribution in [3.63, 3.8) is 0 Å². The van der Waals surface area contributed by atoms with Crippen molar-refractivity contribution in [2.24, 2.45) is 0 Å². The van der Waals surface area contributed by atoms with E-state index in [1.807, 2.05) is 24.3 Å². The molecule has 0 N–H and O–H groups in total. The van der Waals surface area contributed by atoms with Crippen molar-refractivity contribution in [2.45, 2.75) is 0 Å². The van der Waals surface area contributed by atoms with E-state index in [-0.39, 0.29) is 5.89 Å². The summed E-state index contributed by atoms with van der Waals surface area (Å²) in [6, 6.07) is 10.1. The number of hydrogen-bond donors (Lipinski definition) is 0. The summed E-state index contributed by atoms with van der Waals surface area (Å²) in [5.74, 6) is 0.847. The smallest absolute Gasteiger partial charge is 0.276 e. The molecule has 3 aromatic rings. The second kappa shape index (κ2) is 5.08. The Balaban J connectivity index is 2.00. The lowest BCUT2D eigenvalue weighted by molar-refractivity contribution is 0.413. The Bertz CT molecular complexity index is 725. The Hall–Kier alpha value is -2.76. The monoisotopic (exact) mass is 271 g/mol. The van der Waals surface area contributed by atoms with E-state index in [1.54, 1.807) is 7.11 Å². The van der Waals surface area contributed by atoms with Crippen LogP contribution < -0.4 is 4.74 Å². The molecule has 0 saturated carbocycles. The van der Waals surface area contributed by atoms with E-state index in [4.69, 9.17) is 9.26 Å². The molecule has 5 nitrogen and oxygen atoms in total. The molecule has 1 aromatic carbocycles. The van der Waals surface area contributed by atoms with Crippen molar-refractivity contribution >= 4 is 0 Å². The Morgan fingerprint density at radius 3 is 2.75 bits per heavy atom. The van der Waals surface area contributed by atoms with E-state index in [0.717, 1.165) is 6.20 Å². The third-order valence-corrected chi connectivity index (χ3v) is 2.72. The van der Waals surface area contributed by atoms with Gasteiger partial charge in [0.15, 0.2) is 0 Å². The van der Waals surface area contributed by atoms with E-state index in [0.29, 0.717) is 22.8 Å². The van der Waals surface area contributed by atoms with Gasteiger partial charge in [-0.3, -0.25) is 0 Å². The van der Waals surface area contributed by atoms with Gasteiger partial charge in [0.25, 0.3) is 5.89 Å². The molecule has 20 heavy (non-hydrogen) atoms. The zero-order valence-electron chi connectivity index (χ0n) is 10.6. The van der Waals surface area contributed by atoms with Crippen molar-refractivity contribution in [1.29, 1.82) is 0 Å². The Morgan fingerprint density at radius 2 is 2.00 bits per heavy atom. The molecule has 0 spiro atoms. The van der Waals surface area contributed by atoms with E-state index < -0.39 is 5.82 Å². The van der Waals surface area contributed by atoms with Crippen LogP contribution in [-0.4, -0.2) is 22.2 Å². The molecule has 3 rings (SSSR count). The average molecular weight is 271 g/mol. The third-order valence-electron chi connectivity index (χ3n) is 2.72. The van der Waals surface area contributed by atoms with Crippen LogP contribution in [0.3, 0.4) is 0 Å². The SMILES string of the molecule is COc1ccccc1-c1noc(-c2ccc(F)cn2)n1. The lowest BCUT2D eigenvalue weighted by atomic mass is 10.2. The summed E-state index contributed by atoms with van der Waals surface area (Å²) in [5.41, 5.74) is 1.13. The molecule has 0 aliphatic rings. The maximum atomic E-state index is 12.8. The van der Waals surface area contributed by atoms with Crippen molar-refractivity contribution in [3.8, 4) is 28.7 Å². The number of benzene rings is 1. The van der Waals surface area contributed by atoms with E-state index in [1.165, 1.54) is 12.1 Å². The predicted octanol–water partition coefficient (Wildman–Crippen LogP) is 2.95. The standard InChI is InChI=1S/C14H10FN3O2/c1-19-12-5-3-2-4-10(12)13-17-14(20-18-13)11-7-6-9(15)8-16-11/h2-8H,1H3. The lowest BCUT2D eigenvalue weighted by Crippen LogP contribution is -1.89. The Kier molecular flexibility index (Phi) is 3.12. The first-order valence-corrected chi connectivity index (χ1v) is 5.87. The number of para-hydroxylation sites is 1. The van der Waals surface area contributed by atoms with Gasteiger partial charge in [-0.15, -0.1) is 0 Å². The molecule has 0 atom stereocenters. The fourth-order valence-corrected chi connectivity index (χ4v) is 1.77. The van der Waals surface area contributed by atoms with Crippen LogP contribution in [0.5, 0.6) is 5.75 Å². The topological polar surface area (TPSA) is 61.0 Å². The molecule has 0 unspecified atom stereocenters. The van der Waals surface area contributed by atoms with Crippen LogP contribution in [0.2, 0.25) is 0 Å². The molecule has 0 radical (unpaired) electrons. The van der Waals surface area contributed by atoms with Crippen molar-refractivity contribution in [2.75, 3.05) is 7.11 Å². The number of hydrogen-bond acceptors (Lipinski definition) is 5. The molecule has 2 heterocycles. The first kappa shape index (κ1) is 12.3. The molecule has 0 aliphatic carbocycles. The quantitative estimate of drug-likeness (QED) is 0.733. The van der Waals surface area contributed by atoms with Crippen molar-refractivity contribution < 1.29 is 13.7 Å². The highest BCUT2D eigenvalue weighted by Gasteiger charge is 2.14. The molecule has 0 aliphatic heterocycles. The molecule has 0 fully saturated rings. The van der Waals surface area contributed by atoms with Crippen molar-refractivity contribution in [1.82, 2.24) is 15.1 Å². The van der Waals surface area contributed by atoms with Crippen LogP contribution in [-0.2, 0) is 0 Å². The number of rotatable bonds is 3. The van der Waals surface area contributed by atoms with Crippen LogP contribution in [0, 0.1) is 5.82 Å². The second-order valence-corrected chi connectivity index (χ2v) is 3.99. The zero-order chi connectivity index (χ0) is 13.9. The van der Waals surface area contributed by atoms with Crippen LogP contribution in [0.1, 0.15) is 0 Å². The highest BCUT2D eigenvalue weighted by Crippen LogP contribution is 2.28. The van der Waals surface area contributed by atoms with Gasteiger partial charge in [0.2, 0.25) is 5.82 Å². The number of ether oxygens (including phenoxy) is 1. The average Bonchev–Trinajstić information content (AvgIpc) is 2.97. The Morgan fingerprint density at radius 1 is 1.15 bits per heavy atom. The zero-order valence-corrected chi connectivity index (χ0v) is 10.6. The molecule has 2 aromatic heterocycles. The summed E-state index contributed by atoms with van der Waals surface area (Å²) in [4.78, 5) is 8.14. The number of halogens is 1. The van der Waals surface area contributed by atoms with E-state index in [2.05, 4.69) is 15.1 Å². The highest BCUT2D eigenvalue weighted by molar-refractivity contribution is 5.65. The lowest BCUT2D eigenvalue weighted by Gasteiger charge is -2.02. The predicted molar refractivity (Wildman–Crippen MR) is 69.5 cm³/mol. The van der Waals surface area contributed by atoms with E-state index >= 15 is 0 Å². The summed E-state index contributed by atoms with van der Waals surface area (Å²) >= 11 is 0. The minimum Gasteiger partial charge on any atom is -0.496 e. The number of pyridine rings is 1. The number of aromatic nitrogens is 3. The van der Waals surface area contributed by atoms with Gasteiger partial charge in [0.1, 0.15) is 17.3 Å². The molecule has 0 bridgehead atoms. The minimum absolute atomic E-state index is 0.228. The molecular weight excluding hydrogens is 261 g/mol. The van der Waals surface area contributed by atoms with Gasteiger partial charge in [-0.2, -0.15) is 4.98 Å². The maximum absolute atomic E-state index is 12.8. The fourth-order valence-electron chi connectivity index (χ4n) is 1.77. The molecule has 6 heteroatoms. The van der Waals surface area contributed by atoms with Crippen LogP contribution in [0.25, 0.3) is 23.0 Å². The van der Waals surface area contributed by atoms with Gasteiger partial charge >= 0.3 is 0 Å². The third kappa shape index (κ3) is 2.23. The second-order valence-electron chi connectivity index (χ2n) is 3.99. The summed E-state index contributed by atoms with van der Waals surface area (Å²) in [6.07, 6.45) is 1.10. The van der Waals surface area contributed by atoms with Crippen molar-refractivity contribution in [3.05, 3.63) is 48.4 Å². The first-order valence-electron chi connectivity index (χ1n) is 5.87. The molecule has 0 saturated heterocycles. The molecule has 0 amide bonds. The number of nitrogens with zero attached hydrogens (tertiary/aromatic N) is 3. The summed E-state index contributed by atoms with van der Waals surface area (Å²) in [6.45, 7) is 0. The Labute approximate surface area is 114 Å². The van der Waals surface area contributed by atoms with E-state index in [9.17, 15) is 4.39 Å². The normalized spacial score (nSPS) is 10.5. The van der Waals surface area contributed by atoms with Crippen LogP contribution in [0.4, 0.5) is 4.39 Å². The highest BCUT2D eigenvalue weighted by atomic mass is 19.1. The fraction of sp³-hybridized carbons (Fsp3) is 0.0714. The largest absolute Gasteiger partial charge is 0.496 e. The summed E-state index contributed by atoms with van der Waals surface area (Å²) in [5, 5.41) is 3.89. The number of methoxy groups -OCH3 is 1. The van der Waals surface area contributed by atoms with Crippen LogP contribution in [0.15, 0.2) is 47.1 Å². The molecular formula is C14H10FN3O2.